The molecular weight excluding hydrogens is 260 g/mol. The Kier molecular flexibility index (Phi) is 4.76. The Morgan fingerprint density at radius 1 is 1.40 bits per heavy atom. The normalized spacial score (nSPS) is 28.4. The fraction of sp³-hybridized carbons (Fsp3) is 0.625. The SMILES string of the molecule is CNC(c1ccc(F)cc1F)C1(OC)CCCC(C)C1. The topological polar surface area (TPSA) is 21.3 Å². The van der Waals surface area contributed by atoms with Gasteiger partial charge in [0.25, 0.3) is 0 Å². The van der Waals surface area contributed by atoms with Gasteiger partial charge in [0.05, 0.1) is 11.6 Å². The standard InChI is InChI=1S/C16H23F2NO/c1-11-5-4-8-16(10-11,20-3)15(19-2)13-7-6-12(17)9-14(13)18/h6-7,9,11,15,19H,4-5,8,10H2,1-3H3. The molecule has 3 unspecified atom stereocenters. The molecule has 0 spiro atoms. The van der Waals surface area contributed by atoms with Gasteiger partial charge in [-0.05, 0) is 31.9 Å². The summed E-state index contributed by atoms with van der Waals surface area (Å²) in [5.41, 5.74) is 0.0512. The van der Waals surface area contributed by atoms with Crippen molar-refractivity contribution in [2.75, 3.05) is 14.2 Å². The lowest BCUT2D eigenvalue weighted by Gasteiger charge is -2.44. The van der Waals surface area contributed by atoms with Crippen molar-refractivity contribution >= 4 is 0 Å². The first-order chi connectivity index (χ1) is 9.52. The van der Waals surface area contributed by atoms with Crippen molar-refractivity contribution < 1.29 is 13.5 Å². The van der Waals surface area contributed by atoms with Crippen LogP contribution >= 0.6 is 0 Å². The van der Waals surface area contributed by atoms with Crippen molar-refractivity contribution in [3.8, 4) is 0 Å². The number of likely N-dealkylation sites (N-methyl/N-ethyl adjacent to an activating group) is 1. The molecule has 1 N–H and O–H groups in total. The van der Waals surface area contributed by atoms with Gasteiger partial charge in [-0.15, -0.1) is 0 Å². The fourth-order valence-corrected chi connectivity index (χ4v) is 3.55. The molecule has 1 aliphatic rings. The van der Waals surface area contributed by atoms with E-state index in [0.29, 0.717) is 11.5 Å². The highest BCUT2D eigenvalue weighted by Crippen LogP contribution is 2.43. The molecule has 0 saturated heterocycles. The van der Waals surface area contributed by atoms with Crippen molar-refractivity contribution in [2.45, 2.75) is 44.2 Å². The lowest BCUT2D eigenvalue weighted by Crippen LogP contribution is -2.47. The van der Waals surface area contributed by atoms with Gasteiger partial charge in [-0.25, -0.2) is 8.78 Å². The van der Waals surface area contributed by atoms with Crippen molar-refractivity contribution in [3.63, 3.8) is 0 Å². The lowest BCUT2D eigenvalue weighted by molar-refractivity contribution is -0.0797. The molecule has 0 aromatic heterocycles. The van der Waals surface area contributed by atoms with E-state index in [1.54, 1.807) is 14.2 Å². The number of hydrogen-bond acceptors (Lipinski definition) is 2. The summed E-state index contributed by atoms with van der Waals surface area (Å²) in [6.07, 6.45) is 4.01. The van der Waals surface area contributed by atoms with Gasteiger partial charge in [0, 0.05) is 18.7 Å². The van der Waals surface area contributed by atoms with Crippen molar-refractivity contribution in [1.29, 1.82) is 0 Å². The van der Waals surface area contributed by atoms with E-state index in [-0.39, 0.29) is 6.04 Å². The Labute approximate surface area is 119 Å². The Balaban J connectivity index is 2.38. The van der Waals surface area contributed by atoms with Crippen molar-refractivity contribution in [2.24, 2.45) is 5.92 Å². The summed E-state index contributed by atoms with van der Waals surface area (Å²) < 4.78 is 33.0. The number of nitrogens with one attached hydrogen (secondary N) is 1. The molecule has 3 atom stereocenters. The van der Waals surface area contributed by atoms with Gasteiger partial charge in [-0.1, -0.05) is 25.8 Å². The van der Waals surface area contributed by atoms with E-state index in [1.807, 2.05) is 0 Å². The van der Waals surface area contributed by atoms with Gasteiger partial charge < -0.3 is 10.1 Å². The Morgan fingerprint density at radius 2 is 2.15 bits per heavy atom. The Hall–Kier alpha value is -1.00. The largest absolute Gasteiger partial charge is 0.376 e. The molecular formula is C16H23F2NO. The van der Waals surface area contributed by atoms with Gasteiger partial charge in [-0.3, -0.25) is 0 Å². The number of methoxy groups -OCH3 is 1. The molecule has 0 radical (unpaired) electrons. The molecule has 1 aromatic rings. The van der Waals surface area contributed by atoms with Crippen LogP contribution in [0.15, 0.2) is 18.2 Å². The average Bonchev–Trinajstić information content (AvgIpc) is 2.42. The van der Waals surface area contributed by atoms with Crippen LogP contribution in [0, 0.1) is 17.6 Å². The molecule has 0 aliphatic heterocycles. The molecule has 2 nitrogen and oxygen atoms in total. The highest BCUT2D eigenvalue weighted by Gasteiger charge is 2.43. The number of benzene rings is 1. The third kappa shape index (κ3) is 2.86. The summed E-state index contributed by atoms with van der Waals surface area (Å²) in [5.74, 6) is -0.522. The Bertz CT molecular complexity index is 466. The summed E-state index contributed by atoms with van der Waals surface area (Å²) in [7, 11) is 3.48. The number of rotatable bonds is 4. The predicted molar refractivity (Wildman–Crippen MR) is 75.5 cm³/mol. The maximum atomic E-state index is 14.1. The van der Waals surface area contributed by atoms with Crippen LogP contribution in [0.2, 0.25) is 0 Å². The van der Waals surface area contributed by atoms with Crippen LogP contribution in [0.1, 0.15) is 44.2 Å². The van der Waals surface area contributed by atoms with Crippen LogP contribution in [0.25, 0.3) is 0 Å². The van der Waals surface area contributed by atoms with Gasteiger partial charge >= 0.3 is 0 Å². The molecule has 20 heavy (non-hydrogen) atoms. The highest BCUT2D eigenvalue weighted by molar-refractivity contribution is 5.25. The molecule has 0 amide bonds. The van der Waals surface area contributed by atoms with E-state index in [9.17, 15) is 8.78 Å². The van der Waals surface area contributed by atoms with Crippen molar-refractivity contribution in [1.82, 2.24) is 5.32 Å². The second kappa shape index (κ2) is 6.19. The second-order valence-electron chi connectivity index (χ2n) is 5.86. The van der Waals surface area contributed by atoms with E-state index in [4.69, 9.17) is 4.74 Å². The van der Waals surface area contributed by atoms with E-state index < -0.39 is 17.2 Å². The van der Waals surface area contributed by atoms with Gasteiger partial charge in [0.1, 0.15) is 11.6 Å². The molecule has 1 fully saturated rings. The van der Waals surface area contributed by atoms with E-state index >= 15 is 0 Å². The molecule has 0 bridgehead atoms. The van der Waals surface area contributed by atoms with Crippen LogP contribution in [-0.2, 0) is 4.74 Å². The zero-order chi connectivity index (χ0) is 14.8. The summed E-state index contributed by atoms with van der Waals surface area (Å²) in [6, 6.07) is 3.50. The predicted octanol–water partition coefficient (Wildman–Crippen LogP) is 3.82. The second-order valence-corrected chi connectivity index (χ2v) is 5.86. The fourth-order valence-electron chi connectivity index (χ4n) is 3.55. The summed E-state index contributed by atoms with van der Waals surface area (Å²) in [4.78, 5) is 0. The first-order valence-corrected chi connectivity index (χ1v) is 7.20. The monoisotopic (exact) mass is 283 g/mol. The van der Waals surface area contributed by atoms with Crippen LogP contribution in [-0.4, -0.2) is 19.8 Å². The highest BCUT2D eigenvalue weighted by atomic mass is 19.1. The Morgan fingerprint density at radius 3 is 2.70 bits per heavy atom. The lowest BCUT2D eigenvalue weighted by atomic mass is 9.72. The first kappa shape index (κ1) is 15.4. The molecule has 1 aliphatic carbocycles. The summed E-state index contributed by atoms with van der Waals surface area (Å²) in [5, 5.41) is 3.17. The van der Waals surface area contributed by atoms with E-state index in [2.05, 4.69) is 12.2 Å². The minimum Gasteiger partial charge on any atom is -0.376 e. The van der Waals surface area contributed by atoms with Crippen LogP contribution < -0.4 is 5.32 Å². The quantitative estimate of drug-likeness (QED) is 0.907. The molecule has 1 saturated carbocycles. The first-order valence-electron chi connectivity index (χ1n) is 7.20. The molecule has 1 aromatic carbocycles. The maximum Gasteiger partial charge on any atom is 0.131 e. The molecule has 112 valence electrons. The van der Waals surface area contributed by atoms with Crippen LogP contribution in [0.4, 0.5) is 8.78 Å². The molecule has 4 heteroatoms. The van der Waals surface area contributed by atoms with Gasteiger partial charge in [0.2, 0.25) is 0 Å². The van der Waals surface area contributed by atoms with Crippen molar-refractivity contribution in [3.05, 3.63) is 35.4 Å². The maximum absolute atomic E-state index is 14.1. The molecule has 0 heterocycles. The van der Waals surface area contributed by atoms with E-state index in [1.165, 1.54) is 18.6 Å². The average molecular weight is 283 g/mol. The minimum atomic E-state index is -0.551. The number of halogens is 2. The smallest absolute Gasteiger partial charge is 0.131 e. The van der Waals surface area contributed by atoms with Gasteiger partial charge in [-0.2, -0.15) is 0 Å². The van der Waals surface area contributed by atoms with Crippen LogP contribution in [0.3, 0.4) is 0 Å². The van der Waals surface area contributed by atoms with E-state index in [0.717, 1.165) is 25.3 Å². The number of ether oxygens (including phenoxy) is 1. The summed E-state index contributed by atoms with van der Waals surface area (Å²) in [6.45, 7) is 2.20. The number of hydrogen-bond donors (Lipinski definition) is 1. The zero-order valence-electron chi connectivity index (χ0n) is 12.4. The minimum absolute atomic E-state index is 0.268. The van der Waals surface area contributed by atoms with Gasteiger partial charge in [0.15, 0.2) is 0 Å². The zero-order valence-corrected chi connectivity index (χ0v) is 12.4. The third-order valence-corrected chi connectivity index (χ3v) is 4.49. The van der Waals surface area contributed by atoms with Crippen LogP contribution in [0.5, 0.6) is 0 Å². The third-order valence-electron chi connectivity index (χ3n) is 4.49. The molecule has 2 rings (SSSR count). The summed E-state index contributed by atoms with van der Waals surface area (Å²) >= 11 is 0.